The Kier molecular flexibility index (Phi) is 8.15. The summed E-state index contributed by atoms with van der Waals surface area (Å²) >= 11 is 0. The van der Waals surface area contributed by atoms with Gasteiger partial charge in [-0.1, -0.05) is 83.1 Å². The van der Waals surface area contributed by atoms with Crippen molar-refractivity contribution in [1.29, 1.82) is 0 Å². The molecule has 0 aliphatic heterocycles. The van der Waals surface area contributed by atoms with E-state index in [4.69, 9.17) is 0 Å². The Morgan fingerprint density at radius 3 is 0.765 bits per heavy atom. The van der Waals surface area contributed by atoms with Gasteiger partial charge in [0.2, 0.25) is 0 Å². The lowest BCUT2D eigenvalue weighted by atomic mass is 9.70. The lowest BCUT2D eigenvalue weighted by Crippen LogP contribution is -2.46. The molecule has 2 N–H and O–H groups in total. The molecule has 0 unspecified atom stereocenters. The van der Waals surface area contributed by atoms with Gasteiger partial charge in [-0.2, -0.15) is 0 Å². The number of allylic oxidation sites excluding steroid dienone is 2. The van der Waals surface area contributed by atoms with Gasteiger partial charge in [-0.25, -0.2) is 0 Å². The molecule has 0 bridgehead atoms. The minimum absolute atomic E-state index is 0.0109. The third kappa shape index (κ3) is 8.25. The molecule has 2 nitrogen and oxygen atoms in total. The number of rotatable bonds is 2. The van der Waals surface area contributed by atoms with Crippen molar-refractivity contribution in [3.63, 3.8) is 0 Å². The summed E-state index contributed by atoms with van der Waals surface area (Å²) in [6, 6.07) is 0. The van der Waals surface area contributed by atoms with Crippen LogP contribution in [-0.2, 0) is 0 Å². The van der Waals surface area contributed by atoms with Crippen LogP contribution >= 0.6 is 0 Å². The number of nitrogens with one attached hydrogen (secondary N) is 2. The van der Waals surface area contributed by atoms with E-state index < -0.39 is 0 Å². The summed E-state index contributed by atoms with van der Waals surface area (Å²) in [5.74, 6) is 0. The molecule has 0 saturated heterocycles. The van der Waals surface area contributed by atoms with Crippen molar-refractivity contribution >= 4 is 0 Å². The second-order valence-electron chi connectivity index (χ2n) is 16.2. The fourth-order valence-electron chi connectivity index (χ4n) is 4.94. The fraction of sp³-hybridized carbons (Fsp3) is 0.750. The summed E-state index contributed by atoms with van der Waals surface area (Å²) in [7, 11) is 0. The Balaban J connectivity index is 4.38. The average Bonchev–Trinajstić information content (AvgIpc) is 2.47. The summed E-state index contributed by atoms with van der Waals surface area (Å²) in [5.41, 5.74) is 15.0. The van der Waals surface area contributed by atoms with Gasteiger partial charge in [0.1, 0.15) is 0 Å². The lowest BCUT2D eigenvalue weighted by Gasteiger charge is -2.40. The summed E-state index contributed by atoms with van der Waals surface area (Å²) in [5, 5.41) is 7.60. The molecule has 0 fully saturated rings. The second kappa shape index (κ2) is 9.11. The molecule has 0 saturated carbocycles. The third-order valence-corrected chi connectivity index (χ3v) is 5.50. The second-order valence-corrected chi connectivity index (χ2v) is 16.2. The maximum absolute atomic E-state index is 3.94. The van der Waals surface area contributed by atoms with Crippen LogP contribution in [0.25, 0.3) is 0 Å². The van der Waals surface area contributed by atoms with Gasteiger partial charge in [-0.15, -0.1) is 11.5 Å². The van der Waals surface area contributed by atoms with E-state index >= 15 is 0 Å². The van der Waals surface area contributed by atoms with Crippen LogP contribution in [0.15, 0.2) is 45.1 Å². The van der Waals surface area contributed by atoms with Gasteiger partial charge in [0.25, 0.3) is 0 Å². The van der Waals surface area contributed by atoms with E-state index in [9.17, 15) is 0 Å². The number of hydrogen-bond acceptors (Lipinski definition) is 2. The van der Waals surface area contributed by atoms with E-state index in [1.165, 1.54) is 11.1 Å². The highest BCUT2D eigenvalue weighted by Gasteiger charge is 2.38. The predicted molar refractivity (Wildman–Crippen MR) is 152 cm³/mol. The van der Waals surface area contributed by atoms with E-state index in [2.05, 4.69) is 147 Å². The van der Waals surface area contributed by atoms with Crippen molar-refractivity contribution < 1.29 is 0 Å². The van der Waals surface area contributed by atoms with Crippen molar-refractivity contribution in [2.45, 2.75) is 136 Å². The Morgan fingerprint density at radius 1 is 0.412 bits per heavy atom. The first-order valence-electron chi connectivity index (χ1n) is 13.0. The molecule has 0 aromatic rings. The standard InChI is InChI=1S/C32H56N2/c1-27(2,3)23(28(4,5)6)19-21-22(20-24(29(7,8)9)30(10,11)12)26(34-32(16,17)18)25(21)33-31(13,14)15/h33-34H,1-18H3. The van der Waals surface area contributed by atoms with Crippen molar-refractivity contribution in [3.05, 3.63) is 45.1 Å². The van der Waals surface area contributed by atoms with Crippen molar-refractivity contribution in [1.82, 2.24) is 10.6 Å². The SMILES string of the molecule is CC(C)(C)NC1=C(NC(C)(C)C)C(=C=C(C(C)(C)C)C(C)(C)C)C1=C=C(C(C)(C)C)C(C)(C)C. The lowest BCUT2D eigenvalue weighted by molar-refractivity contribution is 0.361. The molecule has 34 heavy (non-hydrogen) atoms. The largest absolute Gasteiger partial charge is 0.378 e. The molecule has 1 rings (SSSR count). The summed E-state index contributed by atoms with van der Waals surface area (Å²) < 4.78 is 0. The Hall–Kier alpha value is -1.62. The van der Waals surface area contributed by atoms with Crippen molar-refractivity contribution in [3.8, 4) is 0 Å². The molecule has 0 atom stereocenters. The highest BCUT2D eigenvalue weighted by atomic mass is 15.1. The number of hydrogen-bond donors (Lipinski definition) is 2. The zero-order chi connectivity index (χ0) is 27.3. The first-order chi connectivity index (χ1) is 14.6. The summed E-state index contributed by atoms with van der Waals surface area (Å²) in [4.78, 5) is 0. The van der Waals surface area contributed by atoms with Crippen LogP contribution in [0, 0.1) is 21.7 Å². The van der Waals surface area contributed by atoms with E-state index in [1.807, 2.05) is 0 Å². The third-order valence-electron chi connectivity index (χ3n) is 5.50. The highest BCUT2D eigenvalue weighted by Crippen LogP contribution is 2.45. The molecule has 0 aromatic heterocycles. The topological polar surface area (TPSA) is 24.1 Å². The molecule has 0 heterocycles. The summed E-state index contributed by atoms with van der Waals surface area (Å²) in [6.07, 6.45) is 0. The molecule has 0 spiro atoms. The normalized spacial score (nSPS) is 16.1. The summed E-state index contributed by atoms with van der Waals surface area (Å²) in [6.45, 7) is 40.9. The van der Waals surface area contributed by atoms with Gasteiger partial charge >= 0.3 is 0 Å². The van der Waals surface area contributed by atoms with E-state index in [-0.39, 0.29) is 32.7 Å². The molecule has 0 amide bonds. The smallest absolute Gasteiger partial charge is 0.0759 e. The van der Waals surface area contributed by atoms with E-state index in [0.29, 0.717) is 0 Å². The van der Waals surface area contributed by atoms with Crippen LogP contribution in [0.3, 0.4) is 0 Å². The zero-order valence-electron chi connectivity index (χ0n) is 26.0. The molecular weight excluding hydrogens is 412 g/mol. The van der Waals surface area contributed by atoms with Crippen molar-refractivity contribution in [2.75, 3.05) is 0 Å². The molecule has 1 aliphatic rings. The first-order valence-corrected chi connectivity index (χ1v) is 13.0. The van der Waals surface area contributed by atoms with Crippen LogP contribution in [0.4, 0.5) is 0 Å². The monoisotopic (exact) mass is 468 g/mol. The van der Waals surface area contributed by atoms with E-state index in [0.717, 1.165) is 22.5 Å². The van der Waals surface area contributed by atoms with Crippen LogP contribution in [-0.4, -0.2) is 11.1 Å². The molecule has 0 radical (unpaired) electrons. The Labute approximate surface area is 213 Å². The zero-order valence-corrected chi connectivity index (χ0v) is 26.0. The Bertz CT molecular complexity index is 829. The van der Waals surface area contributed by atoms with Gasteiger partial charge in [0.15, 0.2) is 0 Å². The minimum Gasteiger partial charge on any atom is -0.378 e. The molecule has 0 aromatic carbocycles. The maximum atomic E-state index is 3.94. The minimum atomic E-state index is -0.0666. The van der Waals surface area contributed by atoms with Gasteiger partial charge in [0.05, 0.1) is 22.5 Å². The van der Waals surface area contributed by atoms with Gasteiger partial charge < -0.3 is 10.6 Å². The van der Waals surface area contributed by atoms with Gasteiger partial charge in [0, 0.05) is 11.1 Å². The molecule has 1 aliphatic carbocycles. The average molecular weight is 469 g/mol. The van der Waals surface area contributed by atoms with Gasteiger partial charge in [-0.3, -0.25) is 0 Å². The van der Waals surface area contributed by atoms with E-state index in [1.54, 1.807) is 0 Å². The van der Waals surface area contributed by atoms with Crippen molar-refractivity contribution in [2.24, 2.45) is 21.7 Å². The van der Waals surface area contributed by atoms with Crippen LogP contribution < -0.4 is 10.6 Å². The van der Waals surface area contributed by atoms with Crippen LogP contribution in [0.1, 0.15) is 125 Å². The molecular formula is C32H56N2. The van der Waals surface area contributed by atoms with Crippen LogP contribution in [0.5, 0.6) is 0 Å². The quantitative estimate of drug-likeness (QED) is 0.395. The predicted octanol–water partition coefficient (Wildman–Crippen LogP) is 9.08. The molecule has 194 valence electrons. The highest BCUT2D eigenvalue weighted by molar-refractivity contribution is 5.69. The van der Waals surface area contributed by atoms with Gasteiger partial charge in [-0.05, 0) is 74.3 Å². The maximum Gasteiger partial charge on any atom is 0.0759 e. The first kappa shape index (κ1) is 30.4. The molecule has 2 heteroatoms. The van der Waals surface area contributed by atoms with Crippen LogP contribution in [0.2, 0.25) is 0 Å². The fourth-order valence-corrected chi connectivity index (χ4v) is 4.94. The Morgan fingerprint density at radius 2 is 0.618 bits per heavy atom.